The lowest BCUT2D eigenvalue weighted by Crippen LogP contribution is -2.29. The smallest absolute Gasteiger partial charge is 0.156 e. The van der Waals surface area contributed by atoms with Crippen molar-refractivity contribution in [3.63, 3.8) is 0 Å². The van der Waals surface area contributed by atoms with Gasteiger partial charge in [-0.15, -0.1) is 0 Å². The molecule has 0 bridgehead atoms. The van der Waals surface area contributed by atoms with Gasteiger partial charge < -0.3 is 10.2 Å². The molecule has 2 rings (SSSR count). The number of nitrogens with one attached hydrogen (secondary N) is 1. The Morgan fingerprint density at radius 1 is 1.40 bits per heavy atom. The van der Waals surface area contributed by atoms with Crippen molar-refractivity contribution in [2.45, 2.75) is 26.7 Å². The Morgan fingerprint density at radius 2 is 2.10 bits per heavy atom. The fraction of sp³-hybridized carbons (Fsp3) is 0.643. The lowest BCUT2D eigenvalue weighted by atomic mass is 10.1. The molecule has 1 unspecified atom stereocenters. The number of rotatable bonds is 6. The van der Waals surface area contributed by atoms with E-state index < -0.39 is 0 Å². The number of hydrogen-bond acceptors (Lipinski definition) is 5. The van der Waals surface area contributed by atoms with E-state index in [1.54, 1.807) is 6.92 Å². The third kappa shape index (κ3) is 3.90. The Balaban J connectivity index is 1.94. The molecule has 1 aliphatic rings. The van der Waals surface area contributed by atoms with Crippen LogP contribution in [0, 0.1) is 12.8 Å². The number of carbonyl (C=O) groups is 1. The molecule has 1 aromatic heterocycles. The molecule has 0 amide bonds. The van der Waals surface area contributed by atoms with Gasteiger partial charge in [0.15, 0.2) is 6.29 Å². The molecule has 1 aromatic rings. The predicted molar refractivity (Wildman–Crippen MR) is 80.5 cm³/mol. The number of nitrogens with zero attached hydrogens (tertiary/aromatic N) is 3. The fourth-order valence-electron chi connectivity index (χ4n) is 2.53. The van der Waals surface area contributed by atoms with Gasteiger partial charge in [0, 0.05) is 13.1 Å². The molecule has 5 nitrogen and oxygen atoms in total. The monoisotopic (exact) mass is 296 g/mol. The minimum atomic E-state index is 0.210. The molecule has 1 N–H and O–H groups in total. The van der Waals surface area contributed by atoms with Gasteiger partial charge in [-0.2, -0.15) is 0 Å². The maximum Gasteiger partial charge on any atom is 0.156 e. The number of aryl methyl sites for hydroxylation is 1. The summed E-state index contributed by atoms with van der Waals surface area (Å²) in [5.41, 5.74) is 0.339. The van der Waals surface area contributed by atoms with Gasteiger partial charge >= 0.3 is 0 Å². The van der Waals surface area contributed by atoms with Crippen LogP contribution in [0.2, 0.25) is 5.15 Å². The summed E-state index contributed by atoms with van der Waals surface area (Å²) in [5.74, 6) is 1.59. The maximum atomic E-state index is 11.1. The van der Waals surface area contributed by atoms with Gasteiger partial charge in [-0.1, -0.05) is 18.5 Å². The summed E-state index contributed by atoms with van der Waals surface area (Å²) >= 11 is 5.96. The summed E-state index contributed by atoms with van der Waals surface area (Å²) in [4.78, 5) is 21.8. The Labute approximate surface area is 124 Å². The van der Waals surface area contributed by atoms with Crippen LogP contribution in [0.25, 0.3) is 0 Å². The van der Waals surface area contributed by atoms with Crippen LogP contribution in [0.4, 0.5) is 5.82 Å². The number of likely N-dealkylation sites (tertiary alicyclic amines) is 1. The van der Waals surface area contributed by atoms with Crippen molar-refractivity contribution in [2.75, 3.05) is 31.5 Å². The summed E-state index contributed by atoms with van der Waals surface area (Å²) < 4.78 is 0. The van der Waals surface area contributed by atoms with Crippen LogP contribution >= 0.6 is 11.6 Å². The van der Waals surface area contributed by atoms with Crippen LogP contribution in [0.3, 0.4) is 0 Å². The van der Waals surface area contributed by atoms with Gasteiger partial charge in [0.25, 0.3) is 0 Å². The lowest BCUT2D eigenvalue weighted by Gasteiger charge is -2.21. The molecule has 0 saturated carbocycles. The fourth-order valence-corrected chi connectivity index (χ4v) is 2.78. The highest BCUT2D eigenvalue weighted by Crippen LogP contribution is 2.19. The quantitative estimate of drug-likeness (QED) is 0.645. The molecular weight excluding hydrogens is 276 g/mol. The summed E-state index contributed by atoms with van der Waals surface area (Å²) in [7, 11) is 0. The van der Waals surface area contributed by atoms with E-state index in [-0.39, 0.29) is 5.15 Å². The van der Waals surface area contributed by atoms with Gasteiger partial charge in [-0.3, -0.25) is 4.79 Å². The lowest BCUT2D eigenvalue weighted by molar-refractivity contribution is 0.112. The van der Waals surface area contributed by atoms with Crippen molar-refractivity contribution in [3.8, 4) is 0 Å². The van der Waals surface area contributed by atoms with Crippen LogP contribution in [0.1, 0.15) is 35.9 Å². The van der Waals surface area contributed by atoms with Gasteiger partial charge in [0.2, 0.25) is 0 Å². The number of aldehydes is 1. The van der Waals surface area contributed by atoms with Crippen LogP contribution < -0.4 is 5.32 Å². The predicted octanol–water partition coefficient (Wildman–Crippen LogP) is 2.39. The van der Waals surface area contributed by atoms with Gasteiger partial charge in [-0.25, -0.2) is 9.97 Å². The summed E-state index contributed by atoms with van der Waals surface area (Å²) in [6.07, 6.45) is 3.31. The number of anilines is 1. The van der Waals surface area contributed by atoms with Gasteiger partial charge in [0.05, 0.1) is 5.56 Å². The molecule has 0 aliphatic carbocycles. The zero-order valence-corrected chi connectivity index (χ0v) is 12.8. The minimum absolute atomic E-state index is 0.210. The number of halogens is 1. The molecule has 1 aliphatic heterocycles. The molecule has 6 heteroatoms. The second kappa shape index (κ2) is 6.99. The number of carbonyl (C=O) groups excluding carboxylic acids is 1. The maximum absolute atomic E-state index is 11.1. The Hall–Kier alpha value is -1.20. The van der Waals surface area contributed by atoms with Gasteiger partial charge in [-0.05, 0) is 38.8 Å². The second-order valence-corrected chi connectivity index (χ2v) is 5.79. The SMILES string of the molecule is Cc1nc(Cl)c(C=O)c(NCC(C)CN2CCCC2)n1. The molecule has 1 atom stereocenters. The molecule has 110 valence electrons. The van der Waals surface area contributed by atoms with Crippen LogP contribution in [-0.4, -0.2) is 47.3 Å². The Bertz CT molecular complexity index is 474. The highest BCUT2D eigenvalue weighted by molar-refractivity contribution is 6.32. The molecule has 0 radical (unpaired) electrons. The van der Waals surface area contributed by atoms with Crippen molar-refractivity contribution in [1.29, 1.82) is 0 Å². The molecular formula is C14H21ClN4O. The average Bonchev–Trinajstić information content (AvgIpc) is 2.88. The first kappa shape index (κ1) is 15.2. The summed E-state index contributed by atoms with van der Waals surface area (Å²) in [6.45, 7) is 8.19. The largest absolute Gasteiger partial charge is 0.369 e. The third-order valence-electron chi connectivity index (χ3n) is 3.52. The average molecular weight is 297 g/mol. The van der Waals surface area contributed by atoms with E-state index in [0.29, 0.717) is 29.4 Å². The second-order valence-electron chi connectivity index (χ2n) is 5.44. The molecule has 2 heterocycles. The van der Waals surface area contributed by atoms with Gasteiger partial charge in [0.1, 0.15) is 16.8 Å². The highest BCUT2D eigenvalue weighted by Gasteiger charge is 2.16. The Kier molecular flexibility index (Phi) is 5.31. The van der Waals surface area contributed by atoms with E-state index in [1.807, 2.05) is 0 Å². The molecule has 1 fully saturated rings. The molecule has 20 heavy (non-hydrogen) atoms. The first-order valence-corrected chi connectivity index (χ1v) is 7.43. The third-order valence-corrected chi connectivity index (χ3v) is 3.80. The van der Waals surface area contributed by atoms with Crippen LogP contribution in [0.5, 0.6) is 0 Å². The van der Waals surface area contributed by atoms with Crippen molar-refractivity contribution in [2.24, 2.45) is 5.92 Å². The molecule has 0 spiro atoms. The summed E-state index contributed by atoms with van der Waals surface area (Å²) in [6, 6.07) is 0. The van der Waals surface area contributed by atoms with E-state index in [1.165, 1.54) is 25.9 Å². The van der Waals surface area contributed by atoms with E-state index in [0.717, 1.165) is 13.1 Å². The summed E-state index contributed by atoms with van der Waals surface area (Å²) in [5, 5.41) is 3.44. The first-order valence-electron chi connectivity index (χ1n) is 7.05. The van der Waals surface area contributed by atoms with Crippen molar-refractivity contribution in [1.82, 2.24) is 14.9 Å². The normalized spacial score (nSPS) is 17.1. The zero-order valence-electron chi connectivity index (χ0n) is 12.0. The molecule has 1 saturated heterocycles. The van der Waals surface area contributed by atoms with E-state index in [4.69, 9.17) is 11.6 Å². The highest BCUT2D eigenvalue weighted by atomic mass is 35.5. The van der Waals surface area contributed by atoms with Crippen LogP contribution in [0.15, 0.2) is 0 Å². The number of aromatic nitrogens is 2. The van der Waals surface area contributed by atoms with E-state index >= 15 is 0 Å². The first-order chi connectivity index (χ1) is 9.60. The topological polar surface area (TPSA) is 58.1 Å². The standard InChI is InChI=1S/C14H21ClN4O/c1-10(8-19-5-3-4-6-19)7-16-14-12(9-20)13(15)17-11(2)18-14/h9-10H,3-8H2,1-2H3,(H,16,17,18). The van der Waals surface area contributed by atoms with Crippen molar-refractivity contribution < 1.29 is 4.79 Å². The minimum Gasteiger partial charge on any atom is -0.369 e. The van der Waals surface area contributed by atoms with Crippen LogP contribution in [-0.2, 0) is 0 Å². The van der Waals surface area contributed by atoms with E-state index in [9.17, 15) is 4.79 Å². The Morgan fingerprint density at radius 3 is 2.75 bits per heavy atom. The van der Waals surface area contributed by atoms with Crippen molar-refractivity contribution >= 4 is 23.7 Å². The zero-order chi connectivity index (χ0) is 14.5. The molecule has 0 aromatic carbocycles. The number of hydrogen-bond donors (Lipinski definition) is 1. The van der Waals surface area contributed by atoms with Crippen molar-refractivity contribution in [3.05, 3.63) is 16.5 Å². The van der Waals surface area contributed by atoms with E-state index in [2.05, 4.69) is 27.1 Å².